The second-order valence-electron chi connectivity index (χ2n) is 6.27. The van der Waals surface area contributed by atoms with Crippen LogP contribution in [-0.4, -0.2) is 47.3 Å². The van der Waals surface area contributed by atoms with E-state index in [2.05, 4.69) is 30.9 Å². The zero-order chi connectivity index (χ0) is 18.3. The molecule has 27 heavy (non-hydrogen) atoms. The van der Waals surface area contributed by atoms with Crippen LogP contribution in [-0.2, 0) is 4.74 Å². The lowest BCUT2D eigenvalue weighted by Crippen LogP contribution is -2.42. The second kappa shape index (κ2) is 8.57. The number of hydrogen-bond acceptors (Lipinski definition) is 7. The van der Waals surface area contributed by atoms with E-state index < -0.39 is 0 Å². The maximum absolute atomic E-state index is 5.75. The number of nitrogens with one attached hydrogen (secondary N) is 3. The van der Waals surface area contributed by atoms with Gasteiger partial charge in [-0.15, -0.1) is 0 Å². The summed E-state index contributed by atoms with van der Waals surface area (Å²) < 4.78 is 5.75. The van der Waals surface area contributed by atoms with Crippen molar-refractivity contribution in [1.29, 1.82) is 0 Å². The van der Waals surface area contributed by atoms with Crippen molar-refractivity contribution in [3.63, 3.8) is 0 Å². The summed E-state index contributed by atoms with van der Waals surface area (Å²) in [4.78, 5) is 13.4. The Balaban J connectivity index is 1.57. The van der Waals surface area contributed by atoms with Gasteiger partial charge < -0.3 is 20.7 Å². The number of rotatable bonds is 6. The Bertz CT molecular complexity index is 853. The molecule has 2 aromatic heterocycles. The highest BCUT2D eigenvalue weighted by atomic mass is 16.5. The zero-order valence-corrected chi connectivity index (χ0v) is 14.9. The molecule has 1 saturated heterocycles. The highest BCUT2D eigenvalue weighted by molar-refractivity contribution is 5.64. The van der Waals surface area contributed by atoms with E-state index in [1.807, 2.05) is 48.5 Å². The molecule has 1 aromatic carbocycles. The highest BCUT2D eigenvalue weighted by Crippen LogP contribution is 2.22. The molecule has 1 unspecified atom stereocenters. The molecular weight excluding hydrogens is 340 g/mol. The number of aromatic nitrogens is 3. The molecule has 0 spiro atoms. The van der Waals surface area contributed by atoms with Crippen molar-refractivity contribution < 1.29 is 4.74 Å². The Hall–Kier alpha value is -3.03. The molecular formula is C20H22N6O. The molecule has 0 aliphatic carbocycles. The Labute approximate surface area is 158 Å². The van der Waals surface area contributed by atoms with Gasteiger partial charge in [-0.1, -0.05) is 30.3 Å². The first kappa shape index (κ1) is 17.4. The van der Waals surface area contributed by atoms with Crippen molar-refractivity contribution in [3.8, 4) is 11.4 Å². The molecule has 0 amide bonds. The molecule has 7 heteroatoms. The van der Waals surface area contributed by atoms with E-state index in [1.165, 1.54) is 0 Å². The molecule has 0 bridgehead atoms. The van der Waals surface area contributed by atoms with Gasteiger partial charge in [0.25, 0.3) is 0 Å². The smallest absolute Gasteiger partial charge is 0.163 e. The van der Waals surface area contributed by atoms with Crippen LogP contribution in [0.3, 0.4) is 0 Å². The van der Waals surface area contributed by atoms with Gasteiger partial charge >= 0.3 is 0 Å². The van der Waals surface area contributed by atoms with Crippen LogP contribution in [0.2, 0.25) is 0 Å². The number of hydrogen-bond donors (Lipinski definition) is 3. The lowest BCUT2D eigenvalue weighted by atomic mass is 10.2. The van der Waals surface area contributed by atoms with Crippen LogP contribution in [0.5, 0.6) is 0 Å². The average Bonchev–Trinajstić information content (AvgIpc) is 2.74. The van der Waals surface area contributed by atoms with Crippen molar-refractivity contribution >= 4 is 17.3 Å². The first-order valence-corrected chi connectivity index (χ1v) is 9.04. The molecule has 3 aromatic rings. The lowest BCUT2D eigenvalue weighted by molar-refractivity contribution is 0.0372. The monoisotopic (exact) mass is 362 g/mol. The molecule has 1 fully saturated rings. The number of pyridine rings is 1. The fourth-order valence-electron chi connectivity index (χ4n) is 2.87. The van der Waals surface area contributed by atoms with Gasteiger partial charge in [0.15, 0.2) is 5.82 Å². The van der Waals surface area contributed by atoms with Gasteiger partial charge in [-0.2, -0.15) is 0 Å². The third-order valence-corrected chi connectivity index (χ3v) is 4.23. The molecule has 138 valence electrons. The Morgan fingerprint density at radius 3 is 2.63 bits per heavy atom. The summed E-state index contributed by atoms with van der Waals surface area (Å²) in [6.07, 6.45) is 3.62. The number of benzene rings is 1. The third-order valence-electron chi connectivity index (χ3n) is 4.23. The van der Waals surface area contributed by atoms with Crippen LogP contribution < -0.4 is 16.0 Å². The highest BCUT2D eigenvalue weighted by Gasteiger charge is 2.14. The summed E-state index contributed by atoms with van der Waals surface area (Å²) in [5, 5.41) is 10.0. The second-order valence-corrected chi connectivity index (χ2v) is 6.27. The fraction of sp³-hybridized carbons (Fsp3) is 0.250. The van der Waals surface area contributed by atoms with Gasteiger partial charge in [-0.25, -0.2) is 9.97 Å². The third kappa shape index (κ3) is 4.78. The number of morpholine rings is 1. The molecule has 3 N–H and O–H groups in total. The zero-order valence-electron chi connectivity index (χ0n) is 14.9. The Morgan fingerprint density at radius 1 is 1.04 bits per heavy atom. The number of ether oxygens (including phenoxy) is 1. The minimum Gasteiger partial charge on any atom is -0.374 e. The molecule has 1 aliphatic heterocycles. The topological polar surface area (TPSA) is 84.0 Å². The van der Waals surface area contributed by atoms with Crippen LogP contribution in [0, 0.1) is 0 Å². The van der Waals surface area contributed by atoms with Crippen molar-refractivity contribution in [2.45, 2.75) is 6.10 Å². The molecule has 0 saturated carbocycles. The van der Waals surface area contributed by atoms with E-state index in [-0.39, 0.29) is 6.10 Å². The fourth-order valence-corrected chi connectivity index (χ4v) is 2.87. The SMILES string of the molecule is c1ccc(-c2nc(NCC3CNCCO3)cc(Nc3ccncc3)n2)cc1. The molecule has 7 nitrogen and oxygen atoms in total. The first-order valence-electron chi connectivity index (χ1n) is 9.04. The lowest BCUT2D eigenvalue weighted by Gasteiger charge is -2.24. The minimum absolute atomic E-state index is 0.130. The van der Waals surface area contributed by atoms with Crippen molar-refractivity contribution in [3.05, 3.63) is 60.9 Å². The number of anilines is 3. The summed E-state index contributed by atoms with van der Waals surface area (Å²) >= 11 is 0. The Morgan fingerprint density at radius 2 is 1.85 bits per heavy atom. The van der Waals surface area contributed by atoms with Gasteiger partial charge in [-0.05, 0) is 12.1 Å². The standard InChI is InChI=1S/C20H22N6O/c1-2-4-15(5-3-1)20-25-18(23-14-17-13-22-10-11-27-17)12-19(26-20)24-16-6-8-21-9-7-16/h1-9,12,17,22H,10-11,13-14H2,(H2,21,23,24,25,26). The first-order chi connectivity index (χ1) is 13.4. The van der Waals surface area contributed by atoms with E-state index in [9.17, 15) is 0 Å². The maximum Gasteiger partial charge on any atom is 0.163 e. The molecule has 3 heterocycles. The van der Waals surface area contributed by atoms with Gasteiger partial charge in [0.1, 0.15) is 11.6 Å². The van der Waals surface area contributed by atoms with Gasteiger partial charge in [0.2, 0.25) is 0 Å². The van der Waals surface area contributed by atoms with Crippen LogP contribution >= 0.6 is 0 Å². The van der Waals surface area contributed by atoms with Crippen LogP contribution in [0.4, 0.5) is 17.3 Å². The summed E-state index contributed by atoms with van der Waals surface area (Å²) in [5.74, 6) is 2.15. The predicted octanol–water partition coefficient (Wildman–Crippen LogP) is 2.68. The summed E-state index contributed by atoms with van der Waals surface area (Å²) in [6, 6.07) is 15.7. The van der Waals surface area contributed by atoms with Gasteiger partial charge in [0.05, 0.1) is 12.7 Å². The quantitative estimate of drug-likeness (QED) is 0.622. The van der Waals surface area contributed by atoms with Crippen LogP contribution in [0.25, 0.3) is 11.4 Å². The van der Waals surface area contributed by atoms with Gasteiger partial charge in [-0.3, -0.25) is 4.98 Å². The van der Waals surface area contributed by atoms with Gasteiger partial charge in [0, 0.05) is 49.3 Å². The summed E-state index contributed by atoms with van der Waals surface area (Å²) in [7, 11) is 0. The minimum atomic E-state index is 0.130. The normalized spacial score (nSPS) is 16.7. The van der Waals surface area contributed by atoms with Crippen molar-refractivity contribution in [2.75, 3.05) is 36.9 Å². The Kier molecular flexibility index (Phi) is 5.52. The van der Waals surface area contributed by atoms with E-state index in [0.29, 0.717) is 12.4 Å². The number of nitrogens with zero attached hydrogens (tertiary/aromatic N) is 3. The molecule has 0 radical (unpaired) electrons. The van der Waals surface area contributed by atoms with Crippen LogP contribution in [0.15, 0.2) is 60.9 Å². The average molecular weight is 362 g/mol. The van der Waals surface area contributed by atoms with Crippen LogP contribution in [0.1, 0.15) is 0 Å². The van der Waals surface area contributed by atoms with E-state index in [4.69, 9.17) is 4.74 Å². The summed E-state index contributed by atoms with van der Waals surface area (Å²) in [6.45, 7) is 3.17. The van der Waals surface area contributed by atoms with E-state index in [1.54, 1.807) is 12.4 Å². The molecule has 1 aliphatic rings. The molecule has 1 atom stereocenters. The van der Waals surface area contributed by atoms with E-state index >= 15 is 0 Å². The van der Waals surface area contributed by atoms with Crippen molar-refractivity contribution in [2.24, 2.45) is 0 Å². The molecule has 4 rings (SSSR count). The van der Waals surface area contributed by atoms with E-state index in [0.717, 1.165) is 42.6 Å². The van der Waals surface area contributed by atoms with Crippen molar-refractivity contribution in [1.82, 2.24) is 20.3 Å². The largest absolute Gasteiger partial charge is 0.374 e. The maximum atomic E-state index is 5.75. The summed E-state index contributed by atoms with van der Waals surface area (Å²) in [5.41, 5.74) is 1.89. The predicted molar refractivity (Wildman–Crippen MR) is 106 cm³/mol.